The lowest BCUT2D eigenvalue weighted by Gasteiger charge is -2.33. The van der Waals surface area contributed by atoms with Crippen LogP contribution in [0.25, 0.3) is 0 Å². The molecule has 5 nitrogen and oxygen atoms in total. The van der Waals surface area contributed by atoms with E-state index in [1.807, 2.05) is 6.92 Å². The number of aliphatic carboxylic acids is 1. The molecule has 1 saturated heterocycles. The van der Waals surface area contributed by atoms with Crippen molar-refractivity contribution in [3.05, 3.63) is 0 Å². The maximum absolute atomic E-state index is 11.4. The second-order valence-electron chi connectivity index (χ2n) is 4.60. The van der Waals surface area contributed by atoms with Crippen molar-refractivity contribution in [3.63, 3.8) is 0 Å². The van der Waals surface area contributed by atoms with E-state index < -0.39 is 16.0 Å². The molecule has 1 aliphatic rings. The molecule has 0 aromatic rings. The normalized spacial score (nSPS) is 25.2. The lowest BCUT2D eigenvalue weighted by Crippen LogP contribution is -2.41. The summed E-state index contributed by atoms with van der Waals surface area (Å²) in [4.78, 5) is 10.6. The molecule has 0 bridgehead atoms. The predicted octanol–water partition coefficient (Wildman–Crippen LogP) is 0.769. The summed E-state index contributed by atoms with van der Waals surface area (Å²) in [5.41, 5.74) is 0. The van der Waals surface area contributed by atoms with E-state index in [4.69, 9.17) is 5.11 Å². The average molecular weight is 249 g/mol. The van der Waals surface area contributed by atoms with Gasteiger partial charge in [-0.1, -0.05) is 6.92 Å². The molecule has 1 rings (SSSR count). The van der Waals surface area contributed by atoms with Crippen LogP contribution in [0.3, 0.4) is 0 Å². The topological polar surface area (TPSA) is 74.7 Å². The molecule has 0 aromatic carbocycles. The van der Waals surface area contributed by atoms with Crippen LogP contribution < -0.4 is 0 Å². The third-order valence-corrected chi connectivity index (χ3v) is 4.46. The summed E-state index contributed by atoms with van der Waals surface area (Å²) in [6, 6.07) is 0. The zero-order valence-electron chi connectivity index (χ0n) is 9.72. The summed E-state index contributed by atoms with van der Waals surface area (Å²) in [6.45, 7) is 2.91. The number of hydrogen-bond donors (Lipinski definition) is 1. The maximum atomic E-state index is 11.4. The SMILES string of the molecule is CC(CC(=O)O)C1CCCN(S(C)(=O)=O)C1. The zero-order chi connectivity index (χ0) is 12.3. The van der Waals surface area contributed by atoms with E-state index >= 15 is 0 Å². The van der Waals surface area contributed by atoms with Gasteiger partial charge >= 0.3 is 5.97 Å². The minimum atomic E-state index is -3.13. The van der Waals surface area contributed by atoms with Crippen molar-refractivity contribution in [1.82, 2.24) is 4.31 Å². The average Bonchev–Trinajstić information content (AvgIpc) is 2.15. The van der Waals surface area contributed by atoms with Crippen molar-refractivity contribution in [1.29, 1.82) is 0 Å². The largest absolute Gasteiger partial charge is 0.481 e. The van der Waals surface area contributed by atoms with E-state index in [-0.39, 0.29) is 18.3 Å². The van der Waals surface area contributed by atoms with Crippen molar-refractivity contribution in [2.75, 3.05) is 19.3 Å². The third kappa shape index (κ3) is 3.75. The molecule has 0 saturated carbocycles. The molecule has 2 unspecified atom stereocenters. The first-order chi connectivity index (χ1) is 7.30. The molecule has 0 spiro atoms. The number of rotatable bonds is 4. The molecule has 94 valence electrons. The van der Waals surface area contributed by atoms with Gasteiger partial charge in [0.2, 0.25) is 10.0 Å². The number of carboxylic acids is 1. The summed E-state index contributed by atoms with van der Waals surface area (Å²) in [7, 11) is -3.13. The monoisotopic (exact) mass is 249 g/mol. The second kappa shape index (κ2) is 5.14. The van der Waals surface area contributed by atoms with E-state index in [0.717, 1.165) is 12.8 Å². The second-order valence-corrected chi connectivity index (χ2v) is 6.58. The fraction of sp³-hybridized carbons (Fsp3) is 0.900. The Morgan fingerprint density at radius 3 is 2.69 bits per heavy atom. The molecule has 1 heterocycles. The Morgan fingerprint density at radius 2 is 2.19 bits per heavy atom. The summed E-state index contributed by atoms with van der Waals surface area (Å²) >= 11 is 0. The van der Waals surface area contributed by atoms with Gasteiger partial charge in [-0.15, -0.1) is 0 Å². The molecule has 2 atom stereocenters. The highest BCUT2D eigenvalue weighted by Crippen LogP contribution is 2.27. The van der Waals surface area contributed by atoms with Gasteiger partial charge in [0, 0.05) is 19.5 Å². The van der Waals surface area contributed by atoms with Gasteiger partial charge in [0.15, 0.2) is 0 Å². The Hall–Kier alpha value is -0.620. The summed E-state index contributed by atoms with van der Waals surface area (Å²) in [5, 5.41) is 8.71. The zero-order valence-corrected chi connectivity index (χ0v) is 10.5. The van der Waals surface area contributed by atoms with Gasteiger partial charge in [-0.3, -0.25) is 4.79 Å². The van der Waals surface area contributed by atoms with E-state index in [0.29, 0.717) is 13.1 Å². The van der Waals surface area contributed by atoms with Gasteiger partial charge in [0.1, 0.15) is 0 Å². The predicted molar refractivity (Wildman–Crippen MR) is 60.6 cm³/mol. The molecular weight excluding hydrogens is 230 g/mol. The van der Waals surface area contributed by atoms with Gasteiger partial charge < -0.3 is 5.11 Å². The molecule has 6 heteroatoms. The Bertz CT molecular complexity index is 352. The van der Waals surface area contributed by atoms with Crippen LogP contribution in [-0.2, 0) is 14.8 Å². The maximum Gasteiger partial charge on any atom is 0.303 e. The molecule has 16 heavy (non-hydrogen) atoms. The summed E-state index contributed by atoms with van der Waals surface area (Å²) < 4.78 is 24.2. The summed E-state index contributed by atoms with van der Waals surface area (Å²) in [5.74, 6) is -0.620. The summed E-state index contributed by atoms with van der Waals surface area (Å²) in [6.07, 6.45) is 3.06. The van der Waals surface area contributed by atoms with E-state index in [1.54, 1.807) is 0 Å². The Labute approximate surface area is 96.5 Å². The first-order valence-corrected chi connectivity index (χ1v) is 7.32. The number of sulfonamides is 1. The van der Waals surface area contributed by atoms with E-state index in [2.05, 4.69) is 0 Å². The highest BCUT2D eigenvalue weighted by atomic mass is 32.2. The van der Waals surface area contributed by atoms with Gasteiger partial charge in [0.05, 0.1) is 6.26 Å². The van der Waals surface area contributed by atoms with Crippen LogP contribution in [0.15, 0.2) is 0 Å². The lowest BCUT2D eigenvalue weighted by molar-refractivity contribution is -0.138. The fourth-order valence-electron chi connectivity index (χ4n) is 2.18. The van der Waals surface area contributed by atoms with Crippen LogP contribution in [0.4, 0.5) is 0 Å². The molecule has 0 amide bonds. The lowest BCUT2D eigenvalue weighted by atomic mass is 9.85. The number of nitrogens with zero attached hydrogens (tertiary/aromatic N) is 1. The van der Waals surface area contributed by atoms with E-state index in [9.17, 15) is 13.2 Å². The highest BCUT2D eigenvalue weighted by molar-refractivity contribution is 7.88. The van der Waals surface area contributed by atoms with Crippen molar-refractivity contribution in [3.8, 4) is 0 Å². The van der Waals surface area contributed by atoms with Gasteiger partial charge in [0.25, 0.3) is 0 Å². The van der Waals surface area contributed by atoms with Gasteiger partial charge in [-0.05, 0) is 24.7 Å². The molecule has 1 aliphatic heterocycles. The number of piperidine rings is 1. The Kier molecular flexibility index (Phi) is 4.32. The minimum Gasteiger partial charge on any atom is -0.481 e. The van der Waals surface area contributed by atoms with Gasteiger partial charge in [-0.2, -0.15) is 0 Å². The Balaban J connectivity index is 2.60. The number of carboxylic acid groups (broad SMARTS) is 1. The molecule has 0 aromatic heterocycles. The number of hydrogen-bond acceptors (Lipinski definition) is 3. The van der Waals surface area contributed by atoms with Crippen LogP contribution in [0, 0.1) is 11.8 Å². The smallest absolute Gasteiger partial charge is 0.303 e. The third-order valence-electron chi connectivity index (χ3n) is 3.19. The van der Waals surface area contributed by atoms with Crippen molar-refractivity contribution in [2.45, 2.75) is 26.2 Å². The fourth-order valence-corrected chi connectivity index (χ4v) is 3.10. The van der Waals surface area contributed by atoms with Crippen LogP contribution in [0.5, 0.6) is 0 Å². The van der Waals surface area contributed by atoms with Crippen LogP contribution in [0.2, 0.25) is 0 Å². The van der Waals surface area contributed by atoms with Crippen LogP contribution in [-0.4, -0.2) is 43.1 Å². The Morgan fingerprint density at radius 1 is 1.56 bits per heavy atom. The standard InChI is InChI=1S/C10H19NO4S/c1-8(6-10(12)13)9-4-3-5-11(7-9)16(2,14)15/h8-9H,3-7H2,1-2H3,(H,12,13). The van der Waals surface area contributed by atoms with Crippen LogP contribution >= 0.6 is 0 Å². The minimum absolute atomic E-state index is 0.0297. The molecule has 0 radical (unpaired) electrons. The van der Waals surface area contributed by atoms with Crippen molar-refractivity contribution in [2.24, 2.45) is 11.8 Å². The highest BCUT2D eigenvalue weighted by Gasteiger charge is 2.29. The van der Waals surface area contributed by atoms with Crippen molar-refractivity contribution < 1.29 is 18.3 Å². The molecule has 1 N–H and O–H groups in total. The van der Waals surface area contributed by atoms with E-state index in [1.165, 1.54) is 10.6 Å². The number of carbonyl (C=O) groups is 1. The molecule has 1 fully saturated rings. The van der Waals surface area contributed by atoms with Gasteiger partial charge in [-0.25, -0.2) is 12.7 Å². The molecule has 0 aliphatic carbocycles. The van der Waals surface area contributed by atoms with Crippen LogP contribution in [0.1, 0.15) is 26.2 Å². The first kappa shape index (κ1) is 13.4. The first-order valence-electron chi connectivity index (χ1n) is 5.47. The van der Waals surface area contributed by atoms with Crippen molar-refractivity contribution >= 4 is 16.0 Å². The molecular formula is C10H19NO4S. The quantitative estimate of drug-likeness (QED) is 0.798.